The zero-order chi connectivity index (χ0) is 21.4. The lowest BCUT2D eigenvalue weighted by Gasteiger charge is -2.11. The summed E-state index contributed by atoms with van der Waals surface area (Å²) in [6, 6.07) is 13.3. The Labute approximate surface area is 172 Å². The maximum atomic E-state index is 14.0. The molecule has 2 N–H and O–H groups in total. The van der Waals surface area contributed by atoms with E-state index in [1.807, 2.05) is 0 Å². The number of ether oxygens (including phenoxy) is 1. The number of carbonyl (C=O) groups excluding carboxylic acids is 1. The average Bonchev–Trinajstić information content (AvgIpc) is 3.11. The number of benzene rings is 3. The molecule has 0 bridgehead atoms. The number of hydrogen-bond acceptors (Lipinski definition) is 4. The second-order valence-electron chi connectivity index (χ2n) is 6.44. The van der Waals surface area contributed by atoms with E-state index >= 15 is 0 Å². The van der Waals surface area contributed by atoms with E-state index in [1.54, 1.807) is 48.5 Å². The second kappa shape index (κ2) is 7.79. The number of nitrogens with two attached hydrogens (primary N) is 1. The highest BCUT2D eigenvalue weighted by Gasteiger charge is 2.24. The number of rotatable bonds is 5. The quantitative estimate of drug-likeness (QED) is 0.187. The van der Waals surface area contributed by atoms with Gasteiger partial charge in [-0.2, -0.15) is 0 Å². The lowest BCUT2D eigenvalue weighted by Crippen LogP contribution is -2.08. The predicted molar refractivity (Wildman–Crippen MR) is 107 cm³/mol. The Bertz CT molecular complexity index is 1240. The molecule has 152 valence electrons. The molecular weight excluding hydrogens is 418 g/mol. The monoisotopic (exact) mass is 431 g/mol. The van der Waals surface area contributed by atoms with Crippen LogP contribution in [0.1, 0.15) is 20.8 Å². The maximum absolute atomic E-state index is 14.0. The molecule has 0 radical (unpaired) electrons. The van der Waals surface area contributed by atoms with Gasteiger partial charge >= 0.3 is 0 Å². The Balaban J connectivity index is 1.77. The van der Waals surface area contributed by atoms with E-state index in [0.717, 1.165) is 11.3 Å². The van der Waals surface area contributed by atoms with Gasteiger partial charge < -0.3 is 10.5 Å². The molecule has 0 aliphatic carbocycles. The summed E-state index contributed by atoms with van der Waals surface area (Å²) in [7, 11) is 0. The fourth-order valence-corrected chi connectivity index (χ4v) is 4.08. The lowest BCUT2D eigenvalue weighted by atomic mass is 10.1. The molecule has 0 aliphatic heterocycles. The van der Waals surface area contributed by atoms with E-state index in [4.69, 9.17) is 10.5 Å². The highest BCUT2D eigenvalue weighted by molar-refractivity contribution is 7.21. The molecule has 0 atom stereocenters. The first-order chi connectivity index (χ1) is 14.4. The van der Waals surface area contributed by atoms with Crippen LogP contribution in [0.5, 0.6) is 5.75 Å². The first-order valence-corrected chi connectivity index (χ1v) is 9.55. The van der Waals surface area contributed by atoms with E-state index in [1.165, 1.54) is 0 Å². The van der Waals surface area contributed by atoms with Gasteiger partial charge in [-0.05, 0) is 36.4 Å². The molecule has 3 aromatic carbocycles. The van der Waals surface area contributed by atoms with Gasteiger partial charge in [0.2, 0.25) is 5.78 Å². The average molecular weight is 431 g/mol. The van der Waals surface area contributed by atoms with Crippen molar-refractivity contribution >= 4 is 32.9 Å². The van der Waals surface area contributed by atoms with Crippen LogP contribution in [0.15, 0.2) is 54.6 Å². The summed E-state index contributed by atoms with van der Waals surface area (Å²) >= 11 is 1.14. The van der Waals surface area contributed by atoms with E-state index in [0.29, 0.717) is 21.3 Å². The predicted octanol–water partition coefficient (Wildman–Crippen LogP) is 5.85. The molecule has 0 unspecified atom stereocenters. The molecule has 30 heavy (non-hydrogen) atoms. The summed E-state index contributed by atoms with van der Waals surface area (Å²) in [5.74, 6) is -6.43. The van der Waals surface area contributed by atoms with Crippen molar-refractivity contribution in [1.82, 2.24) is 0 Å². The van der Waals surface area contributed by atoms with Crippen molar-refractivity contribution < 1.29 is 27.1 Å². The Hall–Kier alpha value is -3.39. The summed E-state index contributed by atoms with van der Waals surface area (Å²) in [5.41, 5.74) is 5.59. The van der Waals surface area contributed by atoms with Crippen molar-refractivity contribution in [3.05, 3.63) is 93.9 Å². The smallest absolute Gasteiger partial charge is 0.206 e. The number of fused-ring (bicyclic) bond motifs is 1. The van der Waals surface area contributed by atoms with Gasteiger partial charge in [-0.3, -0.25) is 4.79 Å². The first-order valence-electron chi connectivity index (χ1n) is 8.73. The molecule has 8 heteroatoms. The van der Waals surface area contributed by atoms with Crippen molar-refractivity contribution in [3.63, 3.8) is 0 Å². The van der Waals surface area contributed by atoms with Crippen molar-refractivity contribution in [3.8, 4) is 5.75 Å². The van der Waals surface area contributed by atoms with E-state index < -0.39 is 35.4 Å². The number of anilines is 1. The molecule has 0 spiro atoms. The summed E-state index contributed by atoms with van der Waals surface area (Å²) in [6.45, 7) is -0.797. The Kier molecular flexibility index (Phi) is 5.17. The zero-order valence-corrected chi connectivity index (χ0v) is 16.0. The van der Waals surface area contributed by atoms with Crippen LogP contribution in [0.4, 0.5) is 23.2 Å². The van der Waals surface area contributed by atoms with Crippen LogP contribution in [0.3, 0.4) is 0 Å². The third-order valence-corrected chi connectivity index (χ3v) is 5.64. The molecule has 0 fully saturated rings. The number of nitrogen functional groups attached to an aromatic ring is 1. The van der Waals surface area contributed by atoms with Gasteiger partial charge in [-0.25, -0.2) is 17.6 Å². The molecule has 4 rings (SSSR count). The number of halogens is 4. The summed E-state index contributed by atoms with van der Waals surface area (Å²) < 4.78 is 61.3. The van der Waals surface area contributed by atoms with E-state index in [9.17, 15) is 22.4 Å². The van der Waals surface area contributed by atoms with Crippen LogP contribution in [0.2, 0.25) is 0 Å². The molecule has 1 heterocycles. The van der Waals surface area contributed by atoms with Crippen LogP contribution < -0.4 is 10.5 Å². The zero-order valence-electron chi connectivity index (χ0n) is 15.2. The summed E-state index contributed by atoms with van der Waals surface area (Å²) in [5, 5.41) is 0.541. The Morgan fingerprint density at radius 3 is 2.23 bits per heavy atom. The molecular formula is C22H13F4NO2S. The third-order valence-electron chi connectivity index (χ3n) is 4.49. The molecule has 0 saturated carbocycles. The van der Waals surface area contributed by atoms with Gasteiger partial charge in [0.25, 0.3) is 0 Å². The normalized spacial score (nSPS) is 11.1. The van der Waals surface area contributed by atoms with Crippen LogP contribution in [-0.2, 0) is 6.61 Å². The highest BCUT2D eigenvalue weighted by atomic mass is 32.1. The number of thiophene rings is 1. The van der Waals surface area contributed by atoms with Gasteiger partial charge in [-0.15, -0.1) is 11.3 Å². The molecule has 3 nitrogen and oxygen atoms in total. The van der Waals surface area contributed by atoms with Gasteiger partial charge in [0, 0.05) is 27.4 Å². The van der Waals surface area contributed by atoms with Crippen LogP contribution >= 0.6 is 11.3 Å². The molecule has 0 amide bonds. The number of hydrogen-bond donors (Lipinski definition) is 1. The Morgan fingerprint density at radius 1 is 0.933 bits per heavy atom. The lowest BCUT2D eigenvalue weighted by molar-refractivity contribution is 0.103. The van der Waals surface area contributed by atoms with E-state index in [2.05, 4.69) is 0 Å². The van der Waals surface area contributed by atoms with Crippen molar-refractivity contribution in [2.75, 3.05) is 5.73 Å². The highest BCUT2D eigenvalue weighted by Crippen LogP contribution is 2.39. The van der Waals surface area contributed by atoms with Gasteiger partial charge in [0.05, 0.1) is 5.56 Å². The molecule has 4 aromatic rings. The first kappa shape index (κ1) is 19.9. The second-order valence-corrected chi connectivity index (χ2v) is 7.50. The van der Waals surface area contributed by atoms with Gasteiger partial charge in [-0.1, -0.05) is 12.1 Å². The van der Waals surface area contributed by atoms with Gasteiger partial charge in [0.1, 0.15) is 17.2 Å². The fourth-order valence-electron chi connectivity index (χ4n) is 2.97. The van der Waals surface area contributed by atoms with Crippen LogP contribution in [-0.4, -0.2) is 5.78 Å². The molecule has 0 saturated heterocycles. The SMILES string of the molecule is Nc1ccc(C(=O)c2sc3ccccc3c2OCc2c(F)c(F)cc(F)c2F)cc1. The van der Waals surface area contributed by atoms with E-state index in [-0.39, 0.29) is 22.5 Å². The fraction of sp³-hybridized carbons (Fsp3) is 0.0455. The molecule has 1 aromatic heterocycles. The topological polar surface area (TPSA) is 52.3 Å². The Morgan fingerprint density at radius 2 is 1.57 bits per heavy atom. The largest absolute Gasteiger partial charge is 0.486 e. The van der Waals surface area contributed by atoms with Crippen molar-refractivity contribution in [2.24, 2.45) is 0 Å². The standard InChI is InChI=1S/C22H13F4NO2S/c23-15-9-16(24)19(26)14(18(15)25)10-29-21-13-3-1-2-4-17(13)30-22(21)20(28)11-5-7-12(27)8-6-11/h1-9H,10,27H2. The number of ketones is 1. The third kappa shape index (κ3) is 3.50. The number of carbonyl (C=O) groups is 1. The maximum Gasteiger partial charge on any atom is 0.206 e. The van der Waals surface area contributed by atoms with Crippen LogP contribution in [0.25, 0.3) is 10.1 Å². The molecule has 0 aliphatic rings. The minimum absolute atomic E-state index is 0.0842. The van der Waals surface area contributed by atoms with Gasteiger partial charge in [0.15, 0.2) is 23.3 Å². The van der Waals surface area contributed by atoms with Crippen molar-refractivity contribution in [2.45, 2.75) is 6.61 Å². The van der Waals surface area contributed by atoms with Crippen LogP contribution in [0, 0.1) is 23.3 Å². The minimum Gasteiger partial charge on any atom is -0.486 e. The summed E-state index contributed by atoms with van der Waals surface area (Å²) in [4.78, 5) is 13.2. The summed E-state index contributed by atoms with van der Waals surface area (Å²) in [6.07, 6.45) is 0. The van der Waals surface area contributed by atoms with Crippen molar-refractivity contribution in [1.29, 1.82) is 0 Å². The minimum atomic E-state index is -1.54.